The molecule has 0 aromatic rings. The number of allylic oxidation sites excluding steroid dienone is 2. The molecule has 0 amide bonds. The van der Waals surface area contributed by atoms with Gasteiger partial charge in [-0.2, -0.15) is 0 Å². The standard InChI is InChI=1S/C12H22O2S.C8H13BrO2.C8H13ClO.C5H10O.C3H4Cl2.CH4.Br2/c1-9(13)12(5,6)7-10(14)8-15-11(2,3)4;1-6(10)8(2,3)4-7(11)5-9;1-6(9)5-8(3,4)7(2)10;1-4(2)5(3)6;1-3(5)2-4;;1-2/h7-8H2,1-6H3;4-5H2,1-3H3;1,5H2,2-4H3;4H,1-3H3;1-2H2;1H4;. The first-order valence-electron chi connectivity index (χ1n) is 15.4. The highest BCUT2D eigenvalue weighted by atomic mass is 80.9. The van der Waals surface area contributed by atoms with E-state index in [0.717, 1.165) is 0 Å². The maximum absolute atomic E-state index is 11.6. The Bertz CT molecular complexity index is 1050. The van der Waals surface area contributed by atoms with Crippen LogP contribution in [0.15, 0.2) is 23.2 Å². The van der Waals surface area contributed by atoms with Crippen LogP contribution in [0.3, 0.4) is 0 Å². The van der Waals surface area contributed by atoms with Gasteiger partial charge < -0.3 is 0 Å². The molecule has 0 rings (SSSR count). The van der Waals surface area contributed by atoms with E-state index in [0.29, 0.717) is 46.3 Å². The van der Waals surface area contributed by atoms with Crippen LogP contribution in [-0.4, -0.2) is 56.4 Å². The van der Waals surface area contributed by atoms with Gasteiger partial charge in [0, 0.05) is 78.1 Å². The lowest BCUT2D eigenvalue weighted by atomic mass is 9.84. The third kappa shape index (κ3) is 48.2. The van der Waals surface area contributed by atoms with Crippen molar-refractivity contribution < 1.29 is 28.8 Å². The molecule has 0 atom stereocenters. The number of carbonyl (C=O) groups excluding carboxylic acids is 6. The normalized spacial score (nSPS) is 10.5. The van der Waals surface area contributed by atoms with E-state index < -0.39 is 10.8 Å². The Hall–Kier alpha value is 0.160. The Labute approximate surface area is 349 Å². The van der Waals surface area contributed by atoms with Crippen molar-refractivity contribution in [2.45, 2.75) is 135 Å². The second-order valence-electron chi connectivity index (χ2n) is 14.4. The predicted octanol–water partition coefficient (Wildman–Crippen LogP) is 13.3. The van der Waals surface area contributed by atoms with Gasteiger partial charge in [-0.05, 0) is 34.1 Å². The second-order valence-corrected chi connectivity index (χ2v) is 18.1. The maximum atomic E-state index is 11.6. The van der Waals surface area contributed by atoms with Crippen molar-refractivity contribution in [3.63, 3.8) is 0 Å². The molecule has 0 bridgehead atoms. The zero-order chi connectivity index (χ0) is 41.1. The van der Waals surface area contributed by atoms with Crippen molar-refractivity contribution in [2.24, 2.45) is 22.2 Å². The van der Waals surface area contributed by atoms with Crippen LogP contribution in [-0.2, 0) is 28.8 Å². The summed E-state index contributed by atoms with van der Waals surface area (Å²) >= 11 is 26.0. The van der Waals surface area contributed by atoms with Gasteiger partial charge in [-0.25, -0.2) is 0 Å². The number of carbonyl (C=O) groups is 6. The summed E-state index contributed by atoms with van der Waals surface area (Å²) in [5.74, 6) is 1.85. The van der Waals surface area contributed by atoms with Crippen LogP contribution in [0.4, 0.5) is 0 Å². The van der Waals surface area contributed by atoms with Crippen LogP contribution in [0.1, 0.15) is 131 Å². The van der Waals surface area contributed by atoms with E-state index in [2.05, 4.69) is 78.1 Å². The van der Waals surface area contributed by atoms with Gasteiger partial charge in [0.25, 0.3) is 0 Å². The van der Waals surface area contributed by atoms with Crippen molar-refractivity contribution in [3.8, 4) is 0 Å². The first-order chi connectivity index (χ1) is 21.7. The molecule has 0 radical (unpaired) electrons. The van der Waals surface area contributed by atoms with Crippen LogP contribution in [0, 0.1) is 22.2 Å². The van der Waals surface area contributed by atoms with Gasteiger partial charge in [-0.15, -0.1) is 23.4 Å². The Morgan fingerprint density at radius 1 is 0.640 bits per heavy atom. The summed E-state index contributed by atoms with van der Waals surface area (Å²) in [6.45, 7) is 34.1. The molecule has 0 aliphatic carbocycles. The van der Waals surface area contributed by atoms with Crippen LogP contribution >= 0.6 is 90.8 Å². The van der Waals surface area contributed by atoms with Crippen molar-refractivity contribution in [3.05, 3.63) is 23.2 Å². The van der Waals surface area contributed by atoms with Gasteiger partial charge in [0.2, 0.25) is 0 Å². The fraction of sp³-hybridized carbons (Fsp3) is 0.730. The lowest BCUT2D eigenvalue weighted by molar-refractivity contribution is -0.129. The number of Topliss-reactive ketones (excluding diaryl/α,β-unsaturated/α-hetero) is 6. The number of ketones is 6. The van der Waals surface area contributed by atoms with E-state index in [-0.39, 0.29) is 58.2 Å². The molecule has 0 N–H and O–H groups in total. The lowest BCUT2D eigenvalue weighted by Gasteiger charge is -2.21. The van der Waals surface area contributed by atoms with Crippen LogP contribution in [0.25, 0.3) is 0 Å². The monoisotopic (exact) mass is 980 g/mol. The van der Waals surface area contributed by atoms with E-state index in [1.165, 1.54) is 6.92 Å². The summed E-state index contributed by atoms with van der Waals surface area (Å²) < 4.78 is 0.107. The molecule has 50 heavy (non-hydrogen) atoms. The largest absolute Gasteiger partial charge is 0.300 e. The smallest absolute Gasteiger partial charge is 0.144 e. The Morgan fingerprint density at radius 2 is 0.900 bits per heavy atom. The summed E-state index contributed by atoms with van der Waals surface area (Å²) in [7, 11) is 0. The fourth-order valence-corrected chi connectivity index (χ4v) is 3.46. The molecular weight excluding hydrogens is 919 g/mol. The molecule has 298 valence electrons. The first kappa shape index (κ1) is 65.1. The molecule has 6 nitrogen and oxygen atoms in total. The van der Waals surface area contributed by atoms with E-state index in [1.54, 1.807) is 46.4 Å². The Balaban J connectivity index is -0.0000000950. The van der Waals surface area contributed by atoms with Gasteiger partial charge in [0.15, 0.2) is 0 Å². The molecule has 0 saturated carbocycles. The van der Waals surface area contributed by atoms with Gasteiger partial charge in [-0.1, -0.05) is 136 Å². The number of thioether (sulfide) groups is 1. The highest BCUT2D eigenvalue weighted by molar-refractivity contribution is 9.93. The van der Waals surface area contributed by atoms with Crippen molar-refractivity contribution in [1.29, 1.82) is 0 Å². The topological polar surface area (TPSA) is 102 Å². The average molecular weight is 985 g/mol. The van der Waals surface area contributed by atoms with Crippen molar-refractivity contribution >= 4 is 125 Å². The van der Waals surface area contributed by atoms with Crippen LogP contribution in [0.2, 0.25) is 0 Å². The van der Waals surface area contributed by atoms with E-state index >= 15 is 0 Å². The summed E-state index contributed by atoms with van der Waals surface area (Å²) in [6, 6.07) is 0. The lowest BCUT2D eigenvalue weighted by Crippen LogP contribution is -2.26. The first-order valence-corrected chi connectivity index (χ1v) is 22.5. The SMILES string of the molecule is BrBr.C.C=C(Cl)CC(C)(C)C(C)=O.C=C(Cl)CCl.CC(=O)C(C)(C)CC(=O)CBr.CC(=O)C(C)(C)CC(=O)CSC(C)(C)C.CC(=O)C(C)C. The number of halogens is 6. The molecule has 0 spiro atoms. The zero-order valence-corrected chi connectivity index (χ0v) is 40.2. The fourth-order valence-electron chi connectivity index (χ4n) is 2.23. The summed E-state index contributed by atoms with van der Waals surface area (Å²) in [5.41, 5.74) is -1.35. The van der Waals surface area contributed by atoms with Gasteiger partial charge >= 0.3 is 0 Å². The number of hydrogen-bond acceptors (Lipinski definition) is 7. The molecule has 0 aromatic heterocycles. The molecule has 13 heteroatoms. The molecule has 0 aliphatic rings. The zero-order valence-electron chi connectivity index (χ0n) is 32.4. The number of hydrogen-bond donors (Lipinski definition) is 0. The number of alkyl halides is 2. The summed E-state index contributed by atoms with van der Waals surface area (Å²) in [6.07, 6.45) is 1.24. The average Bonchev–Trinajstić information content (AvgIpc) is 2.92. The van der Waals surface area contributed by atoms with Crippen LogP contribution < -0.4 is 0 Å². The molecule has 0 fully saturated rings. The van der Waals surface area contributed by atoms with Gasteiger partial charge in [-0.3, -0.25) is 28.8 Å². The minimum atomic E-state index is -0.504. The molecule has 0 unspecified atom stereocenters. The van der Waals surface area contributed by atoms with Crippen LogP contribution in [0.5, 0.6) is 0 Å². The highest BCUT2D eigenvalue weighted by Crippen LogP contribution is 2.28. The van der Waals surface area contributed by atoms with Crippen molar-refractivity contribution in [2.75, 3.05) is 17.0 Å². The van der Waals surface area contributed by atoms with E-state index in [1.807, 2.05) is 41.5 Å². The third-order valence-electron chi connectivity index (χ3n) is 6.54. The van der Waals surface area contributed by atoms with E-state index in [4.69, 9.17) is 34.8 Å². The van der Waals surface area contributed by atoms with Gasteiger partial charge in [0.1, 0.15) is 34.7 Å². The van der Waals surface area contributed by atoms with E-state index in [9.17, 15) is 28.8 Å². The minimum absolute atomic E-state index is 0. The molecular formula is C37H66Br3Cl3O6S. The minimum Gasteiger partial charge on any atom is -0.300 e. The Kier molecular flexibility index (Phi) is 43.9. The highest BCUT2D eigenvalue weighted by Gasteiger charge is 2.28. The quantitative estimate of drug-likeness (QED) is 0.160. The molecule has 0 saturated heterocycles. The number of rotatable bonds is 14. The van der Waals surface area contributed by atoms with Gasteiger partial charge in [0.05, 0.1) is 17.0 Å². The molecule has 0 aliphatic heterocycles. The molecule has 0 heterocycles. The third-order valence-corrected chi connectivity index (χ3v) is 9.23. The molecule has 0 aromatic carbocycles. The maximum Gasteiger partial charge on any atom is 0.144 e. The second kappa shape index (κ2) is 33.7. The summed E-state index contributed by atoms with van der Waals surface area (Å²) in [4.78, 5) is 65.8. The summed E-state index contributed by atoms with van der Waals surface area (Å²) in [5, 5.41) is 1.37. The predicted molar refractivity (Wildman–Crippen MR) is 234 cm³/mol. The van der Waals surface area contributed by atoms with Crippen molar-refractivity contribution in [1.82, 2.24) is 0 Å². The Morgan fingerprint density at radius 3 is 1.06 bits per heavy atom.